The van der Waals surface area contributed by atoms with Crippen LogP contribution < -0.4 is 5.32 Å². The average Bonchev–Trinajstić information content (AvgIpc) is 2.74. The molecule has 1 aromatic heterocycles. The minimum Gasteiger partial charge on any atom is -0.291 e. The summed E-state index contributed by atoms with van der Waals surface area (Å²) in [5.41, 5.74) is 2.63. The van der Waals surface area contributed by atoms with Gasteiger partial charge in [-0.15, -0.1) is 0 Å². The van der Waals surface area contributed by atoms with Gasteiger partial charge in [0.05, 0.1) is 0 Å². The summed E-state index contributed by atoms with van der Waals surface area (Å²) in [6, 6.07) is 5.74. The van der Waals surface area contributed by atoms with Gasteiger partial charge in [0.15, 0.2) is 0 Å². The molecular formula is C11H12N4O. The highest BCUT2D eigenvalue weighted by atomic mass is 16.1. The summed E-state index contributed by atoms with van der Waals surface area (Å²) in [6.07, 6.45) is 1.35. The lowest BCUT2D eigenvalue weighted by atomic mass is 10.1. The van der Waals surface area contributed by atoms with Gasteiger partial charge >= 0.3 is 0 Å². The fraction of sp³-hybridized carbons (Fsp3) is 0.182. The summed E-state index contributed by atoms with van der Waals surface area (Å²) in [7, 11) is 0. The third-order valence-electron chi connectivity index (χ3n) is 2.28. The van der Waals surface area contributed by atoms with Crippen molar-refractivity contribution in [1.29, 1.82) is 0 Å². The fourth-order valence-electron chi connectivity index (χ4n) is 1.42. The van der Waals surface area contributed by atoms with E-state index in [0.29, 0.717) is 11.5 Å². The lowest BCUT2D eigenvalue weighted by molar-refractivity contribution is 0.102. The van der Waals surface area contributed by atoms with Crippen molar-refractivity contribution in [1.82, 2.24) is 15.2 Å². The molecule has 0 aliphatic carbocycles. The number of aromatic nitrogens is 3. The monoisotopic (exact) mass is 216 g/mol. The Kier molecular flexibility index (Phi) is 2.68. The van der Waals surface area contributed by atoms with Crippen LogP contribution in [0.3, 0.4) is 0 Å². The van der Waals surface area contributed by atoms with E-state index >= 15 is 0 Å². The Morgan fingerprint density at radius 2 is 2.19 bits per heavy atom. The molecular weight excluding hydrogens is 204 g/mol. The van der Waals surface area contributed by atoms with E-state index in [1.807, 2.05) is 32.0 Å². The number of aryl methyl sites for hydroxylation is 2. The van der Waals surface area contributed by atoms with Crippen LogP contribution in [-0.2, 0) is 0 Å². The quantitative estimate of drug-likeness (QED) is 0.802. The van der Waals surface area contributed by atoms with Gasteiger partial charge in [0.2, 0.25) is 5.95 Å². The van der Waals surface area contributed by atoms with Crippen LogP contribution in [0.1, 0.15) is 21.5 Å². The van der Waals surface area contributed by atoms with E-state index in [1.54, 1.807) is 0 Å². The van der Waals surface area contributed by atoms with Crippen LogP contribution in [0.25, 0.3) is 0 Å². The Bertz CT molecular complexity index is 505. The average molecular weight is 216 g/mol. The molecule has 0 saturated heterocycles. The lowest BCUT2D eigenvalue weighted by Gasteiger charge is -2.06. The third kappa shape index (κ3) is 2.08. The standard InChI is InChI=1S/C11H12N4O/c1-7-3-4-8(2)9(5-7)10(16)14-11-12-6-13-15-11/h3-6H,1-2H3,(H2,12,13,14,15,16). The van der Waals surface area contributed by atoms with Crippen LogP contribution in [0.15, 0.2) is 24.5 Å². The zero-order valence-corrected chi connectivity index (χ0v) is 9.11. The molecule has 0 fully saturated rings. The molecule has 0 saturated carbocycles. The number of rotatable bonds is 2. The second-order valence-electron chi connectivity index (χ2n) is 3.61. The summed E-state index contributed by atoms with van der Waals surface area (Å²) < 4.78 is 0. The van der Waals surface area contributed by atoms with Crippen molar-refractivity contribution < 1.29 is 4.79 Å². The summed E-state index contributed by atoms with van der Waals surface area (Å²) in [4.78, 5) is 15.7. The number of aromatic amines is 1. The number of anilines is 1. The molecule has 2 N–H and O–H groups in total. The molecule has 0 unspecified atom stereocenters. The summed E-state index contributed by atoms with van der Waals surface area (Å²) >= 11 is 0. The molecule has 0 bridgehead atoms. The van der Waals surface area contributed by atoms with Crippen LogP contribution in [0.4, 0.5) is 5.95 Å². The second-order valence-corrected chi connectivity index (χ2v) is 3.61. The summed E-state index contributed by atoms with van der Waals surface area (Å²) in [5.74, 6) is 0.170. The number of benzene rings is 1. The van der Waals surface area contributed by atoms with E-state index in [-0.39, 0.29) is 5.91 Å². The zero-order valence-electron chi connectivity index (χ0n) is 9.11. The van der Waals surface area contributed by atoms with Crippen molar-refractivity contribution >= 4 is 11.9 Å². The molecule has 82 valence electrons. The maximum Gasteiger partial charge on any atom is 0.258 e. The van der Waals surface area contributed by atoms with Crippen molar-refractivity contribution in [2.24, 2.45) is 0 Å². The SMILES string of the molecule is Cc1ccc(C)c(C(=O)Nc2ncn[nH]2)c1. The van der Waals surface area contributed by atoms with Crippen LogP contribution in [0, 0.1) is 13.8 Å². The first-order valence-corrected chi connectivity index (χ1v) is 4.91. The number of carbonyl (C=O) groups is 1. The van der Waals surface area contributed by atoms with Gasteiger partial charge in [-0.1, -0.05) is 17.7 Å². The number of nitrogens with zero attached hydrogens (tertiary/aromatic N) is 2. The van der Waals surface area contributed by atoms with Gasteiger partial charge in [-0.25, -0.2) is 5.10 Å². The van der Waals surface area contributed by atoms with E-state index in [1.165, 1.54) is 6.33 Å². The van der Waals surface area contributed by atoms with Gasteiger partial charge in [-0.3, -0.25) is 10.1 Å². The van der Waals surface area contributed by atoms with Gasteiger partial charge in [-0.2, -0.15) is 10.1 Å². The van der Waals surface area contributed by atoms with Crippen LogP contribution >= 0.6 is 0 Å². The maximum atomic E-state index is 11.9. The predicted molar refractivity (Wildman–Crippen MR) is 60.3 cm³/mol. The van der Waals surface area contributed by atoms with Gasteiger partial charge in [-0.05, 0) is 25.5 Å². The Morgan fingerprint density at radius 1 is 1.38 bits per heavy atom. The van der Waals surface area contributed by atoms with Crippen molar-refractivity contribution in [2.45, 2.75) is 13.8 Å². The first-order valence-electron chi connectivity index (χ1n) is 4.91. The fourth-order valence-corrected chi connectivity index (χ4v) is 1.42. The molecule has 0 atom stereocenters. The largest absolute Gasteiger partial charge is 0.291 e. The Hall–Kier alpha value is -2.17. The van der Waals surface area contributed by atoms with Gasteiger partial charge in [0.25, 0.3) is 5.91 Å². The number of hydrogen-bond donors (Lipinski definition) is 2. The van der Waals surface area contributed by atoms with Crippen LogP contribution in [-0.4, -0.2) is 21.1 Å². The molecule has 0 aliphatic heterocycles. The third-order valence-corrected chi connectivity index (χ3v) is 2.28. The molecule has 0 spiro atoms. The van der Waals surface area contributed by atoms with E-state index in [9.17, 15) is 4.79 Å². The van der Waals surface area contributed by atoms with E-state index in [2.05, 4.69) is 20.5 Å². The summed E-state index contributed by atoms with van der Waals surface area (Å²) in [5, 5.41) is 8.88. The summed E-state index contributed by atoms with van der Waals surface area (Å²) in [6.45, 7) is 3.85. The topological polar surface area (TPSA) is 70.7 Å². The Labute approximate surface area is 92.9 Å². The highest BCUT2D eigenvalue weighted by Gasteiger charge is 2.10. The molecule has 5 heteroatoms. The molecule has 2 aromatic rings. The minimum absolute atomic E-state index is 0.182. The zero-order chi connectivity index (χ0) is 11.5. The molecule has 5 nitrogen and oxygen atoms in total. The van der Waals surface area contributed by atoms with Crippen molar-refractivity contribution in [3.63, 3.8) is 0 Å². The molecule has 1 aromatic carbocycles. The van der Waals surface area contributed by atoms with Crippen LogP contribution in [0.5, 0.6) is 0 Å². The second kappa shape index (κ2) is 4.14. The van der Waals surface area contributed by atoms with Crippen molar-refractivity contribution in [3.8, 4) is 0 Å². The number of hydrogen-bond acceptors (Lipinski definition) is 3. The van der Waals surface area contributed by atoms with Gasteiger partial charge in [0, 0.05) is 5.56 Å². The lowest BCUT2D eigenvalue weighted by Crippen LogP contribution is -2.14. The molecule has 2 rings (SSSR count). The van der Waals surface area contributed by atoms with E-state index < -0.39 is 0 Å². The molecule has 16 heavy (non-hydrogen) atoms. The van der Waals surface area contributed by atoms with Gasteiger partial charge < -0.3 is 0 Å². The smallest absolute Gasteiger partial charge is 0.258 e. The highest BCUT2D eigenvalue weighted by Crippen LogP contribution is 2.11. The van der Waals surface area contributed by atoms with E-state index in [4.69, 9.17) is 0 Å². The van der Waals surface area contributed by atoms with Crippen molar-refractivity contribution in [3.05, 3.63) is 41.2 Å². The number of carbonyl (C=O) groups excluding carboxylic acids is 1. The van der Waals surface area contributed by atoms with Gasteiger partial charge in [0.1, 0.15) is 6.33 Å². The number of H-pyrrole nitrogens is 1. The molecule has 1 amide bonds. The Morgan fingerprint density at radius 3 is 2.88 bits per heavy atom. The molecule has 0 aliphatic rings. The Balaban J connectivity index is 2.24. The molecule has 1 heterocycles. The number of nitrogens with one attached hydrogen (secondary N) is 2. The maximum absolute atomic E-state index is 11.9. The van der Waals surface area contributed by atoms with E-state index in [0.717, 1.165) is 11.1 Å². The predicted octanol–water partition coefficient (Wildman–Crippen LogP) is 1.67. The highest BCUT2D eigenvalue weighted by molar-refractivity contribution is 6.04. The number of amides is 1. The van der Waals surface area contributed by atoms with Crippen molar-refractivity contribution in [2.75, 3.05) is 5.32 Å². The normalized spacial score (nSPS) is 10.1. The minimum atomic E-state index is -0.182. The molecule has 0 radical (unpaired) electrons. The first-order chi connectivity index (χ1) is 7.66. The van der Waals surface area contributed by atoms with Crippen LogP contribution in [0.2, 0.25) is 0 Å². The first kappa shape index (κ1) is 10.4.